The molecule has 3 aromatic carbocycles. The second kappa shape index (κ2) is 13.9. The zero-order chi connectivity index (χ0) is 41.6. The minimum atomic E-state index is -2.41. The molecule has 5 heteroatoms. The number of benzene rings is 3. The molecule has 0 unspecified atom stereocenters. The molecule has 0 aliphatic rings. The first-order chi connectivity index (χ1) is 25.7. The van der Waals surface area contributed by atoms with Crippen LogP contribution in [0.1, 0.15) is 67.2 Å². The Balaban J connectivity index is 0.000000265. The van der Waals surface area contributed by atoms with Crippen molar-refractivity contribution in [1.82, 2.24) is 15.0 Å². The summed E-state index contributed by atoms with van der Waals surface area (Å²) in [5.41, 5.74) is 4.10. The molecule has 3 nitrogen and oxygen atoms in total. The van der Waals surface area contributed by atoms with E-state index in [0.29, 0.717) is 49.4 Å². The van der Waals surface area contributed by atoms with Crippen LogP contribution in [0.2, 0.25) is 0 Å². The van der Waals surface area contributed by atoms with Gasteiger partial charge in [-0.25, -0.2) is 4.98 Å². The number of aromatic nitrogens is 3. The molecule has 221 valence electrons. The maximum Gasteiger partial charge on any atom is 0.0907 e. The van der Waals surface area contributed by atoms with Crippen molar-refractivity contribution in [3.05, 3.63) is 125 Å². The van der Waals surface area contributed by atoms with Crippen LogP contribution in [0.3, 0.4) is 0 Å². The van der Waals surface area contributed by atoms with E-state index in [0.717, 1.165) is 11.3 Å². The molecule has 0 spiro atoms. The smallest absolute Gasteiger partial charge is 0.0907 e. The first kappa shape index (κ1) is 18.3. The normalized spacial score (nSPS) is 17.4. The Hall–Kier alpha value is -3.50. The summed E-state index contributed by atoms with van der Waals surface area (Å²) in [4.78, 5) is 12.7. The van der Waals surface area contributed by atoms with Crippen LogP contribution in [0.25, 0.3) is 43.9 Å². The fraction of sp³-hybridized carbons (Fsp3) is 0.237. The van der Waals surface area contributed by atoms with E-state index in [9.17, 15) is 0 Å². The summed E-state index contributed by atoms with van der Waals surface area (Å²) in [7, 11) is 0. The Morgan fingerprint density at radius 2 is 1.56 bits per heavy atom. The Bertz CT molecular complexity index is 2300. The maximum atomic E-state index is 8.25. The average molecular weight is 774 g/mol. The van der Waals surface area contributed by atoms with Gasteiger partial charge in [-0.1, -0.05) is 70.4 Å². The van der Waals surface area contributed by atoms with E-state index in [1.54, 1.807) is 54.6 Å². The number of hydrogen-bond acceptors (Lipinski definition) is 4. The molecule has 0 atom stereocenters. The molecule has 6 aromatic rings. The number of rotatable bonds is 4. The van der Waals surface area contributed by atoms with E-state index in [2.05, 4.69) is 27.1 Å². The molecule has 0 saturated carbocycles. The first-order valence-corrected chi connectivity index (χ1v) is 13.9. The molecule has 3 aromatic heterocycles. The summed E-state index contributed by atoms with van der Waals surface area (Å²) in [6.45, 7) is -3.61. The summed E-state index contributed by atoms with van der Waals surface area (Å²) >= 11 is 1.07. The Labute approximate surface area is 293 Å². The zero-order valence-electron chi connectivity index (χ0n) is 37.7. The Morgan fingerprint density at radius 3 is 2.21 bits per heavy atom. The second-order valence-corrected chi connectivity index (χ2v) is 11.6. The van der Waals surface area contributed by atoms with Gasteiger partial charge in [0.2, 0.25) is 0 Å². The zero-order valence-corrected chi connectivity index (χ0v) is 26.9. The maximum absolute atomic E-state index is 8.25. The van der Waals surface area contributed by atoms with Crippen LogP contribution < -0.4 is 0 Å². The van der Waals surface area contributed by atoms with Gasteiger partial charge in [-0.05, 0) is 65.7 Å². The monoisotopic (exact) mass is 774 g/mol. The summed E-state index contributed by atoms with van der Waals surface area (Å²) in [5.74, 6) is 0. The molecule has 0 aliphatic carbocycles. The molecule has 1 radical (unpaired) electrons. The van der Waals surface area contributed by atoms with Gasteiger partial charge in [-0.3, -0.25) is 0 Å². The van der Waals surface area contributed by atoms with Crippen LogP contribution in [0.5, 0.6) is 0 Å². The average Bonchev–Trinajstić information content (AvgIpc) is 3.55. The summed E-state index contributed by atoms with van der Waals surface area (Å²) < 4.78 is 108. The van der Waals surface area contributed by atoms with Gasteiger partial charge in [-0.2, -0.15) is 0 Å². The topological polar surface area (TPSA) is 38.7 Å². The third kappa shape index (κ3) is 8.54. The van der Waals surface area contributed by atoms with Gasteiger partial charge in [-0.15, -0.1) is 76.1 Å². The minimum absolute atomic E-state index is 0. The van der Waals surface area contributed by atoms with Crippen molar-refractivity contribution in [3.8, 4) is 33.6 Å². The molecule has 3 heterocycles. The van der Waals surface area contributed by atoms with Gasteiger partial charge in [0.1, 0.15) is 0 Å². The van der Waals surface area contributed by atoms with E-state index in [-0.39, 0.29) is 41.8 Å². The third-order valence-electron chi connectivity index (χ3n) is 6.06. The van der Waals surface area contributed by atoms with E-state index >= 15 is 0 Å². The van der Waals surface area contributed by atoms with Crippen LogP contribution in [0, 0.1) is 45.0 Å². The summed E-state index contributed by atoms with van der Waals surface area (Å²) in [6.07, 6.45) is 1.31. The van der Waals surface area contributed by atoms with E-state index in [1.807, 2.05) is 20.8 Å². The van der Waals surface area contributed by atoms with E-state index in [1.165, 1.54) is 30.6 Å². The number of hydrogen-bond donors (Lipinski definition) is 0. The molecular weight excluding hydrogens is 723 g/mol. The molecule has 6 rings (SSSR count). The Morgan fingerprint density at radius 1 is 0.791 bits per heavy atom. The van der Waals surface area contributed by atoms with Crippen molar-refractivity contribution in [3.63, 3.8) is 0 Å². The van der Waals surface area contributed by atoms with Crippen LogP contribution in [-0.2, 0) is 26.5 Å². The molecule has 0 saturated heterocycles. The van der Waals surface area contributed by atoms with Gasteiger partial charge in [0.05, 0.1) is 15.2 Å². The van der Waals surface area contributed by atoms with Gasteiger partial charge < -0.3 is 9.97 Å². The van der Waals surface area contributed by atoms with Crippen molar-refractivity contribution >= 4 is 21.6 Å². The van der Waals surface area contributed by atoms with Crippen LogP contribution in [-0.4, -0.2) is 15.0 Å². The molecule has 0 fully saturated rings. The molecule has 0 amide bonds. The van der Waals surface area contributed by atoms with Gasteiger partial charge >= 0.3 is 0 Å². The van der Waals surface area contributed by atoms with E-state index in [4.69, 9.17) is 19.2 Å². The Kier molecular flexibility index (Phi) is 5.91. The second-order valence-electron chi connectivity index (χ2n) is 10.6. The van der Waals surface area contributed by atoms with Crippen LogP contribution in [0.15, 0.2) is 85.2 Å². The summed E-state index contributed by atoms with van der Waals surface area (Å²) in [5, 5.41) is 0.0197. The van der Waals surface area contributed by atoms with Crippen molar-refractivity contribution in [2.45, 2.75) is 54.6 Å². The van der Waals surface area contributed by atoms with Gasteiger partial charge in [0.25, 0.3) is 0 Å². The van der Waals surface area contributed by atoms with Crippen molar-refractivity contribution in [2.24, 2.45) is 5.41 Å². The van der Waals surface area contributed by atoms with E-state index < -0.39 is 39.2 Å². The molecule has 0 aliphatic heterocycles. The largest absolute Gasteiger partial charge is 0.304 e. The quantitative estimate of drug-likeness (QED) is 0.168. The fourth-order valence-electron chi connectivity index (χ4n) is 4.17. The predicted octanol–water partition coefficient (Wildman–Crippen LogP) is 10.2. The van der Waals surface area contributed by atoms with Gasteiger partial charge in [0.15, 0.2) is 0 Å². The number of fused-ring (bicyclic) bond motifs is 1. The fourth-order valence-corrected chi connectivity index (χ4v) is 4.87. The number of aryl methyl sites for hydroxylation is 4. The number of pyridine rings is 2. The number of thiazole rings is 1. The molecule has 0 bridgehead atoms. The molecule has 0 N–H and O–H groups in total. The van der Waals surface area contributed by atoms with Crippen molar-refractivity contribution < 1.29 is 39.3 Å². The summed E-state index contributed by atoms with van der Waals surface area (Å²) in [6, 6.07) is 25.1. The van der Waals surface area contributed by atoms with Crippen LogP contribution in [0.4, 0.5) is 0 Å². The minimum Gasteiger partial charge on any atom is -0.304 e. The van der Waals surface area contributed by atoms with Crippen molar-refractivity contribution in [2.75, 3.05) is 0 Å². The number of nitrogens with zero attached hydrogens (tertiary/aromatic N) is 3. The third-order valence-corrected chi connectivity index (χ3v) is 6.91. The molecular formula is C38H37IrN3S-2. The van der Waals surface area contributed by atoms with Crippen molar-refractivity contribution in [1.29, 1.82) is 0 Å². The molecule has 43 heavy (non-hydrogen) atoms. The van der Waals surface area contributed by atoms with Crippen LogP contribution >= 0.6 is 11.3 Å². The SMILES string of the molecule is [2H]C([2H])([2H])c1c[c-]c(-c2ccc(C([2H])([2H])C(C)(C)C)cn2)cc1.[2H]C([2H])([2H])c1ccc(-c2[c-]cc(C([2H])([2H])[2H])c(-c3ccc4sc(C([2H])([2H])[2H])nc4c3)c2)nc1.[Ir]. The predicted molar refractivity (Wildman–Crippen MR) is 178 cm³/mol. The van der Waals surface area contributed by atoms with Gasteiger partial charge in [0, 0.05) is 51.7 Å². The first-order valence-electron chi connectivity index (χ1n) is 20.1. The standard InChI is InChI=1S/C21H17N2S.C17H20N.Ir/c1-13-4-8-19(22-12-13)17-6-5-14(2)18(10-17)16-7-9-21-20(11-16)23-15(3)24-21;1-13-5-8-15(9-6-13)16-10-7-14(12-18-16)11-17(2,3)4;/h4-5,7-12H,1-3H3;5-8,10,12H,11H2,1-4H3;/q2*-1;/i1D3,2D3,3D3;1D3,11D2;.